The second-order valence-corrected chi connectivity index (χ2v) is 5.62. The Balaban J connectivity index is 1.95. The minimum atomic E-state index is -0.912. The smallest absolute Gasteiger partial charge is 0.159 e. The molecule has 0 aromatic heterocycles. The van der Waals surface area contributed by atoms with E-state index < -0.39 is 18.2 Å². The first kappa shape index (κ1) is 14.1. The molecular weight excluding hydrogens is 256 g/mol. The second kappa shape index (κ2) is 6.21. The van der Waals surface area contributed by atoms with Gasteiger partial charge in [0.25, 0.3) is 0 Å². The van der Waals surface area contributed by atoms with Crippen molar-refractivity contribution in [1.29, 1.82) is 0 Å². The van der Waals surface area contributed by atoms with Gasteiger partial charge in [0.15, 0.2) is 5.17 Å². The molecule has 5 atom stereocenters. The van der Waals surface area contributed by atoms with Crippen LogP contribution < -0.4 is 5.32 Å². The van der Waals surface area contributed by atoms with Gasteiger partial charge in [-0.3, -0.25) is 4.99 Å². The number of nitrogens with one attached hydrogen (secondary N) is 1. The molecule has 7 heteroatoms. The number of fused-ring (bicyclic) bond motifs is 1. The van der Waals surface area contributed by atoms with Crippen molar-refractivity contribution in [3.63, 3.8) is 0 Å². The molecule has 0 unspecified atom stereocenters. The summed E-state index contributed by atoms with van der Waals surface area (Å²) in [5.74, 6) is 0. The maximum atomic E-state index is 10.1. The molecule has 1 fully saturated rings. The van der Waals surface area contributed by atoms with E-state index in [0.717, 1.165) is 11.6 Å². The van der Waals surface area contributed by atoms with Crippen molar-refractivity contribution in [2.24, 2.45) is 4.99 Å². The van der Waals surface area contributed by atoms with Gasteiger partial charge in [-0.25, -0.2) is 0 Å². The standard InChI is InChI=1S/C11H20N2O4S/c1-12-11-13-7-9(16)8(15)6(4-2-3-5-14)17-10(7)18-11/h6-10,14-16H,2-5H2,1H3,(H,12,13)/t6-,7-,8-,9-,10-/m1/s1. The molecule has 2 aliphatic heterocycles. The van der Waals surface area contributed by atoms with E-state index in [4.69, 9.17) is 9.84 Å². The van der Waals surface area contributed by atoms with Gasteiger partial charge in [-0.2, -0.15) is 0 Å². The molecule has 0 aromatic rings. The molecule has 2 rings (SSSR count). The predicted octanol–water partition coefficient (Wildman–Crippen LogP) is -0.714. The van der Waals surface area contributed by atoms with Gasteiger partial charge in [0, 0.05) is 13.7 Å². The van der Waals surface area contributed by atoms with E-state index in [-0.39, 0.29) is 18.1 Å². The van der Waals surface area contributed by atoms with Crippen molar-refractivity contribution in [1.82, 2.24) is 5.32 Å². The molecule has 0 amide bonds. The summed E-state index contributed by atoms with van der Waals surface area (Å²) in [6.07, 6.45) is -0.0924. The number of amidine groups is 1. The number of thioether (sulfide) groups is 1. The summed E-state index contributed by atoms with van der Waals surface area (Å²) < 4.78 is 5.79. The Labute approximate surface area is 110 Å². The number of nitrogens with zero attached hydrogens (tertiary/aromatic N) is 1. The number of aliphatic hydroxyl groups excluding tert-OH is 3. The summed E-state index contributed by atoms with van der Waals surface area (Å²) >= 11 is 1.44. The maximum absolute atomic E-state index is 10.1. The lowest BCUT2D eigenvalue weighted by atomic mass is 9.95. The van der Waals surface area contributed by atoms with E-state index in [2.05, 4.69) is 10.3 Å². The van der Waals surface area contributed by atoms with Crippen molar-refractivity contribution >= 4 is 16.9 Å². The normalized spacial score (nSPS) is 39.3. The molecule has 104 valence electrons. The fourth-order valence-corrected chi connectivity index (χ4v) is 3.33. The number of aliphatic imine (C=N–C) groups is 1. The summed E-state index contributed by atoms with van der Waals surface area (Å²) in [6, 6.07) is -0.401. The third-order valence-corrected chi connectivity index (χ3v) is 4.43. The lowest BCUT2D eigenvalue weighted by Gasteiger charge is -2.38. The zero-order chi connectivity index (χ0) is 13.1. The van der Waals surface area contributed by atoms with Gasteiger partial charge < -0.3 is 25.4 Å². The number of ether oxygens (including phenoxy) is 1. The molecule has 0 aliphatic carbocycles. The van der Waals surface area contributed by atoms with Crippen molar-refractivity contribution < 1.29 is 20.1 Å². The topological polar surface area (TPSA) is 94.3 Å². The highest BCUT2D eigenvalue weighted by Crippen LogP contribution is 2.36. The Bertz CT molecular complexity index is 315. The number of hydrogen-bond donors (Lipinski definition) is 4. The summed E-state index contributed by atoms with van der Waals surface area (Å²) in [5, 5.41) is 32.5. The first-order valence-corrected chi connectivity index (χ1v) is 7.10. The van der Waals surface area contributed by atoms with Gasteiger partial charge in [-0.05, 0) is 19.3 Å². The molecule has 6 nitrogen and oxygen atoms in total. The van der Waals surface area contributed by atoms with E-state index in [1.807, 2.05) is 0 Å². The SMILES string of the molecule is CNC1=N[C@@H]2[C@@H](O)[C@H](O)[C@@H](CCCCO)O[C@@H]2S1. The van der Waals surface area contributed by atoms with E-state index in [1.165, 1.54) is 11.8 Å². The monoisotopic (exact) mass is 276 g/mol. The number of hydrogen-bond acceptors (Lipinski definition) is 7. The van der Waals surface area contributed by atoms with Gasteiger partial charge >= 0.3 is 0 Å². The van der Waals surface area contributed by atoms with Gasteiger partial charge in [-0.1, -0.05) is 11.8 Å². The van der Waals surface area contributed by atoms with Crippen molar-refractivity contribution in [3.8, 4) is 0 Å². The Hall–Kier alpha value is -0.340. The van der Waals surface area contributed by atoms with Gasteiger partial charge in [0.1, 0.15) is 23.7 Å². The van der Waals surface area contributed by atoms with Gasteiger partial charge in [-0.15, -0.1) is 0 Å². The summed E-state index contributed by atoms with van der Waals surface area (Å²) in [5.41, 5.74) is -0.232. The van der Waals surface area contributed by atoms with Crippen molar-refractivity contribution in [3.05, 3.63) is 0 Å². The largest absolute Gasteiger partial charge is 0.396 e. The van der Waals surface area contributed by atoms with Crippen LogP contribution in [0.1, 0.15) is 19.3 Å². The molecule has 18 heavy (non-hydrogen) atoms. The zero-order valence-corrected chi connectivity index (χ0v) is 11.1. The Morgan fingerprint density at radius 2 is 2.11 bits per heavy atom. The van der Waals surface area contributed by atoms with Crippen LogP contribution in [0.5, 0.6) is 0 Å². The van der Waals surface area contributed by atoms with E-state index in [9.17, 15) is 10.2 Å². The predicted molar refractivity (Wildman–Crippen MR) is 69.5 cm³/mol. The van der Waals surface area contributed by atoms with Crippen LogP contribution in [0.2, 0.25) is 0 Å². The van der Waals surface area contributed by atoms with Gasteiger partial charge in [0.2, 0.25) is 0 Å². The summed E-state index contributed by atoms with van der Waals surface area (Å²) in [6.45, 7) is 0.138. The lowest BCUT2D eigenvalue weighted by molar-refractivity contribution is -0.155. The van der Waals surface area contributed by atoms with Crippen LogP contribution in [0.25, 0.3) is 0 Å². The van der Waals surface area contributed by atoms with Crippen LogP contribution in [-0.4, -0.2) is 63.9 Å². The molecule has 0 spiro atoms. The van der Waals surface area contributed by atoms with Crippen LogP contribution in [0.3, 0.4) is 0 Å². The minimum Gasteiger partial charge on any atom is -0.396 e. The highest BCUT2D eigenvalue weighted by atomic mass is 32.2. The third kappa shape index (κ3) is 2.80. The minimum absolute atomic E-state index is 0.138. The molecule has 0 aromatic carbocycles. The quantitative estimate of drug-likeness (QED) is 0.507. The first-order chi connectivity index (χ1) is 8.67. The van der Waals surface area contributed by atoms with Crippen molar-refractivity contribution in [2.75, 3.05) is 13.7 Å². The first-order valence-electron chi connectivity index (χ1n) is 6.22. The average molecular weight is 276 g/mol. The molecule has 1 saturated heterocycles. The second-order valence-electron chi connectivity index (χ2n) is 4.54. The Morgan fingerprint density at radius 1 is 1.33 bits per heavy atom. The maximum Gasteiger partial charge on any atom is 0.159 e. The van der Waals surface area contributed by atoms with Crippen LogP contribution in [-0.2, 0) is 4.74 Å². The fraction of sp³-hybridized carbons (Fsp3) is 0.909. The summed E-state index contributed by atoms with van der Waals surface area (Å²) in [7, 11) is 1.77. The van der Waals surface area contributed by atoms with Crippen LogP contribution >= 0.6 is 11.8 Å². The molecule has 0 bridgehead atoms. The van der Waals surface area contributed by atoms with Crippen molar-refractivity contribution in [2.45, 2.75) is 49.1 Å². The average Bonchev–Trinajstić information content (AvgIpc) is 2.79. The van der Waals surface area contributed by atoms with Crippen LogP contribution in [0, 0.1) is 0 Å². The molecule has 2 aliphatic rings. The highest BCUT2D eigenvalue weighted by Gasteiger charge is 2.47. The Morgan fingerprint density at radius 3 is 2.78 bits per heavy atom. The van der Waals surface area contributed by atoms with E-state index >= 15 is 0 Å². The number of unbranched alkanes of at least 4 members (excludes halogenated alkanes) is 1. The number of rotatable bonds is 4. The molecule has 0 radical (unpaired) electrons. The molecule has 4 N–H and O–H groups in total. The zero-order valence-electron chi connectivity index (χ0n) is 10.3. The lowest BCUT2D eigenvalue weighted by Crippen LogP contribution is -2.54. The molecule has 0 saturated carbocycles. The van der Waals surface area contributed by atoms with E-state index in [0.29, 0.717) is 12.8 Å². The van der Waals surface area contributed by atoms with Crippen LogP contribution in [0.15, 0.2) is 4.99 Å². The number of aliphatic hydroxyl groups is 3. The molecular formula is C11H20N2O4S. The third-order valence-electron chi connectivity index (χ3n) is 3.27. The fourth-order valence-electron chi connectivity index (χ4n) is 2.25. The summed E-state index contributed by atoms with van der Waals surface area (Å²) in [4.78, 5) is 4.28. The van der Waals surface area contributed by atoms with E-state index in [1.54, 1.807) is 7.05 Å². The highest BCUT2D eigenvalue weighted by molar-refractivity contribution is 8.14. The van der Waals surface area contributed by atoms with Gasteiger partial charge in [0.05, 0.1) is 6.10 Å². The molecule has 2 heterocycles. The van der Waals surface area contributed by atoms with Crippen LogP contribution in [0.4, 0.5) is 0 Å². The Kier molecular flexibility index (Phi) is 4.85.